The van der Waals surface area contributed by atoms with Crippen LogP contribution in [0.15, 0.2) is 36.9 Å². The number of nitrogens with one attached hydrogen (secondary N) is 3. The Morgan fingerprint density at radius 3 is 2.81 bits per heavy atom. The highest BCUT2D eigenvalue weighted by Gasteiger charge is 2.11. The van der Waals surface area contributed by atoms with E-state index in [1.807, 2.05) is 31.3 Å². The molecule has 0 aliphatic carbocycles. The van der Waals surface area contributed by atoms with E-state index in [0.717, 1.165) is 16.8 Å². The number of rotatable bonds is 5. The lowest BCUT2D eigenvalue weighted by Gasteiger charge is -2.12. The molecule has 0 atom stereocenters. The third-order valence-corrected chi connectivity index (χ3v) is 3.69. The van der Waals surface area contributed by atoms with E-state index in [9.17, 15) is 0 Å². The van der Waals surface area contributed by atoms with E-state index in [0.29, 0.717) is 23.2 Å². The minimum absolute atomic E-state index is 0.239. The third kappa shape index (κ3) is 3.18. The molecule has 0 aliphatic rings. The summed E-state index contributed by atoms with van der Waals surface area (Å²) in [4.78, 5) is 20.6. The van der Waals surface area contributed by atoms with E-state index < -0.39 is 0 Å². The molecule has 0 saturated carbocycles. The molecular weight excluding hydrogens is 330 g/mol. The van der Waals surface area contributed by atoms with Crippen LogP contribution in [0.2, 0.25) is 0 Å². The van der Waals surface area contributed by atoms with E-state index in [1.54, 1.807) is 17.3 Å². The average Bonchev–Trinajstić information content (AvgIpc) is 3.23. The van der Waals surface area contributed by atoms with Gasteiger partial charge in [-0.2, -0.15) is 15.1 Å². The van der Waals surface area contributed by atoms with Crippen LogP contribution in [-0.2, 0) is 7.05 Å². The summed E-state index contributed by atoms with van der Waals surface area (Å²) in [6.07, 6.45) is 3.29. The highest BCUT2D eigenvalue weighted by Crippen LogP contribution is 2.24. The number of fused-ring (bicyclic) bond motifs is 1. The summed E-state index contributed by atoms with van der Waals surface area (Å²) in [6.45, 7) is 4.11. The second-order valence-corrected chi connectivity index (χ2v) is 6.24. The van der Waals surface area contributed by atoms with Crippen molar-refractivity contribution in [3.8, 4) is 11.4 Å². The molecule has 9 heteroatoms. The largest absolute Gasteiger partial charge is 0.366 e. The van der Waals surface area contributed by atoms with Gasteiger partial charge in [-0.05, 0) is 26.0 Å². The maximum atomic E-state index is 4.58. The van der Waals surface area contributed by atoms with E-state index in [1.165, 1.54) is 0 Å². The number of hydrogen-bond donors (Lipinski definition) is 3. The summed E-state index contributed by atoms with van der Waals surface area (Å²) < 4.78 is 1.67. The van der Waals surface area contributed by atoms with Crippen LogP contribution in [0.25, 0.3) is 22.6 Å². The van der Waals surface area contributed by atoms with Crippen LogP contribution in [0.3, 0.4) is 0 Å². The minimum atomic E-state index is 0.239. The Morgan fingerprint density at radius 1 is 1.15 bits per heavy atom. The molecule has 3 heterocycles. The lowest BCUT2D eigenvalue weighted by Crippen LogP contribution is -2.12. The number of benzene rings is 1. The first kappa shape index (κ1) is 16.0. The standard InChI is InChI=1S/C17H19N9/c1-10(2)21-16-13-15(19-8-18-13)23-17(24-16)22-12-6-4-5-11(7-12)14-20-9-26(3)25-14/h4-10H,1-3H3,(H3,18,19,21,22,23,24). The Morgan fingerprint density at radius 2 is 2.04 bits per heavy atom. The lowest BCUT2D eigenvalue weighted by atomic mass is 10.2. The molecule has 0 unspecified atom stereocenters. The third-order valence-electron chi connectivity index (χ3n) is 3.69. The quantitative estimate of drug-likeness (QED) is 0.508. The summed E-state index contributed by atoms with van der Waals surface area (Å²) in [5.74, 6) is 1.86. The van der Waals surface area contributed by atoms with Crippen molar-refractivity contribution in [2.45, 2.75) is 19.9 Å². The Hall–Kier alpha value is -3.49. The molecule has 0 saturated heterocycles. The topological polar surface area (TPSA) is 109 Å². The summed E-state index contributed by atoms with van der Waals surface area (Å²) in [5, 5.41) is 10.9. The first-order chi connectivity index (χ1) is 12.6. The normalized spacial score (nSPS) is 11.2. The van der Waals surface area contributed by atoms with Crippen molar-refractivity contribution >= 4 is 28.6 Å². The lowest BCUT2D eigenvalue weighted by molar-refractivity contribution is 0.768. The molecule has 0 amide bonds. The number of aryl methyl sites for hydroxylation is 1. The summed E-state index contributed by atoms with van der Waals surface area (Å²) in [5.41, 5.74) is 3.15. The maximum absolute atomic E-state index is 4.58. The van der Waals surface area contributed by atoms with Crippen molar-refractivity contribution in [3.63, 3.8) is 0 Å². The van der Waals surface area contributed by atoms with Gasteiger partial charge in [0.1, 0.15) is 11.8 Å². The highest BCUT2D eigenvalue weighted by atomic mass is 15.3. The highest BCUT2D eigenvalue weighted by molar-refractivity contribution is 5.84. The minimum Gasteiger partial charge on any atom is -0.366 e. The van der Waals surface area contributed by atoms with Crippen molar-refractivity contribution in [2.24, 2.45) is 7.05 Å². The molecule has 1 aromatic carbocycles. The predicted octanol–water partition coefficient (Wildman–Crippen LogP) is 2.71. The number of anilines is 3. The van der Waals surface area contributed by atoms with Crippen molar-refractivity contribution < 1.29 is 0 Å². The molecule has 9 nitrogen and oxygen atoms in total. The van der Waals surface area contributed by atoms with Crippen molar-refractivity contribution in [1.29, 1.82) is 0 Å². The first-order valence-corrected chi connectivity index (χ1v) is 8.29. The van der Waals surface area contributed by atoms with Gasteiger partial charge in [0.05, 0.1) is 6.33 Å². The van der Waals surface area contributed by atoms with Crippen LogP contribution >= 0.6 is 0 Å². The Kier molecular flexibility index (Phi) is 3.96. The first-order valence-electron chi connectivity index (χ1n) is 8.29. The molecule has 0 bridgehead atoms. The smallest absolute Gasteiger partial charge is 0.231 e. The SMILES string of the molecule is CC(C)Nc1nc(Nc2cccc(-c3ncn(C)n3)c2)nc2nc[nH]c12. The van der Waals surface area contributed by atoms with Crippen LogP contribution in [0.5, 0.6) is 0 Å². The summed E-state index contributed by atoms with van der Waals surface area (Å²) >= 11 is 0. The number of aromatic amines is 1. The number of nitrogens with zero attached hydrogens (tertiary/aromatic N) is 6. The van der Waals surface area contributed by atoms with Gasteiger partial charge in [-0.15, -0.1) is 0 Å². The zero-order chi connectivity index (χ0) is 18.1. The number of aromatic nitrogens is 7. The van der Waals surface area contributed by atoms with Crippen molar-refractivity contribution in [3.05, 3.63) is 36.9 Å². The molecule has 3 N–H and O–H groups in total. The van der Waals surface area contributed by atoms with Gasteiger partial charge in [-0.3, -0.25) is 4.68 Å². The number of H-pyrrole nitrogens is 1. The van der Waals surface area contributed by atoms with Gasteiger partial charge in [0.2, 0.25) is 5.95 Å². The molecule has 4 rings (SSSR count). The van der Waals surface area contributed by atoms with Gasteiger partial charge in [-0.1, -0.05) is 12.1 Å². The van der Waals surface area contributed by atoms with Crippen LogP contribution < -0.4 is 10.6 Å². The summed E-state index contributed by atoms with van der Waals surface area (Å²) in [6, 6.07) is 8.05. The van der Waals surface area contributed by atoms with Gasteiger partial charge >= 0.3 is 0 Å². The molecular formula is C17H19N9. The molecule has 26 heavy (non-hydrogen) atoms. The monoisotopic (exact) mass is 349 g/mol. The predicted molar refractivity (Wildman–Crippen MR) is 100 cm³/mol. The maximum Gasteiger partial charge on any atom is 0.231 e. The number of imidazole rings is 1. The average molecular weight is 349 g/mol. The molecule has 0 spiro atoms. The fraction of sp³-hybridized carbons (Fsp3) is 0.235. The van der Waals surface area contributed by atoms with Crippen LogP contribution in [0.1, 0.15) is 13.8 Å². The zero-order valence-corrected chi connectivity index (χ0v) is 14.7. The molecule has 0 aliphatic heterocycles. The Balaban J connectivity index is 1.67. The van der Waals surface area contributed by atoms with E-state index in [4.69, 9.17) is 0 Å². The van der Waals surface area contributed by atoms with Gasteiger partial charge in [-0.25, -0.2) is 9.97 Å². The van der Waals surface area contributed by atoms with E-state index >= 15 is 0 Å². The second kappa shape index (κ2) is 6.43. The Bertz CT molecular complexity index is 1050. The Labute approximate surface area is 149 Å². The fourth-order valence-electron chi connectivity index (χ4n) is 2.60. The summed E-state index contributed by atoms with van der Waals surface area (Å²) in [7, 11) is 1.84. The molecule has 132 valence electrons. The molecule has 0 fully saturated rings. The molecule has 4 aromatic rings. The van der Waals surface area contributed by atoms with Crippen LogP contribution in [0.4, 0.5) is 17.5 Å². The zero-order valence-electron chi connectivity index (χ0n) is 14.7. The van der Waals surface area contributed by atoms with E-state index in [-0.39, 0.29) is 6.04 Å². The van der Waals surface area contributed by atoms with Gasteiger partial charge in [0.15, 0.2) is 17.3 Å². The van der Waals surface area contributed by atoms with Gasteiger partial charge < -0.3 is 15.6 Å². The van der Waals surface area contributed by atoms with Crippen LogP contribution in [0, 0.1) is 0 Å². The van der Waals surface area contributed by atoms with Crippen LogP contribution in [-0.4, -0.2) is 40.7 Å². The van der Waals surface area contributed by atoms with Gasteiger partial charge in [0, 0.05) is 24.3 Å². The molecule has 3 aromatic heterocycles. The molecule has 0 radical (unpaired) electrons. The van der Waals surface area contributed by atoms with Crippen molar-refractivity contribution in [1.82, 2.24) is 34.7 Å². The number of hydrogen-bond acceptors (Lipinski definition) is 7. The van der Waals surface area contributed by atoms with Crippen molar-refractivity contribution in [2.75, 3.05) is 10.6 Å². The fourth-order valence-corrected chi connectivity index (χ4v) is 2.60. The van der Waals surface area contributed by atoms with Gasteiger partial charge in [0.25, 0.3) is 0 Å². The second-order valence-electron chi connectivity index (χ2n) is 6.24. The van der Waals surface area contributed by atoms with E-state index in [2.05, 4.69) is 54.5 Å².